The van der Waals surface area contributed by atoms with E-state index in [1.54, 1.807) is 24.3 Å². The highest BCUT2D eigenvalue weighted by atomic mass is 79.9. The molecule has 1 rings (SSSR count). The molecule has 0 saturated heterocycles. The van der Waals surface area contributed by atoms with Crippen molar-refractivity contribution in [3.63, 3.8) is 0 Å². The van der Waals surface area contributed by atoms with Crippen LogP contribution in [0.5, 0.6) is 0 Å². The molecular weight excluding hydrogens is 282 g/mol. The van der Waals surface area contributed by atoms with E-state index in [0.29, 0.717) is 9.37 Å². The molecule has 0 aliphatic heterocycles. The number of nitrogens with two attached hydrogens (primary N) is 1. The summed E-state index contributed by atoms with van der Waals surface area (Å²) in [5.41, 5.74) is 5.30. The number of hydrogen-bond acceptors (Lipinski definition) is 3. The molecule has 0 radical (unpaired) electrons. The summed E-state index contributed by atoms with van der Waals surface area (Å²) in [6.07, 6.45) is 0. The molecular formula is C9H10BrNO3S. The molecule has 0 amide bonds. The van der Waals surface area contributed by atoms with Gasteiger partial charge in [0.1, 0.15) is 6.04 Å². The molecule has 6 heteroatoms. The fraction of sp³-hybridized carbons (Fsp3) is 0.222. The Bertz CT molecular complexity index is 397. The van der Waals surface area contributed by atoms with Crippen LogP contribution in [0.15, 0.2) is 33.6 Å². The van der Waals surface area contributed by atoms with Gasteiger partial charge in [0.25, 0.3) is 0 Å². The molecule has 2 unspecified atom stereocenters. The van der Waals surface area contributed by atoms with Gasteiger partial charge in [-0.2, -0.15) is 0 Å². The van der Waals surface area contributed by atoms with Crippen molar-refractivity contribution in [2.75, 3.05) is 5.75 Å². The monoisotopic (exact) mass is 291 g/mol. The average Bonchev–Trinajstić information content (AvgIpc) is 2.18. The van der Waals surface area contributed by atoms with Crippen LogP contribution in [0.2, 0.25) is 0 Å². The molecule has 0 aliphatic rings. The summed E-state index contributed by atoms with van der Waals surface area (Å²) >= 11 is 3.24. The van der Waals surface area contributed by atoms with Gasteiger partial charge < -0.3 is 10.8 Å². The minimum absolute atomic E-state index is 0.0854. The summed E-state index contributed by atoms with van der Waals surface area (Å²) in [6.45, 7) is 0. The Morgan fingerprint density at radius 1 is 1.53 bits per heavy atom. The lowest BCUT2D eigenvalue weighted by Gasteiger charge is -2.07. The molecule has 3 N–H and O–H groups in total. The van der Waals surface area contributed by atoms with E-state index >= 15 is 0 Å². The highest BCUT2D eigenvalue weighted by Gasteiger charge is 2.17. The maximum absolute atomic E-state index is 11.7. The van der Waals surface area contributed by atoms with E-state index in [2.05, 4.69) is 15.9 Å². The molecule has 2 atom stereocenters. The van der Waals surface area contributed by atoms with E-state index in [-0.39, 0.29) is 5.75 Å². The van der Waals surface area contributed by atoms with Crippen LogP contribution >= 0.6 is 15.9 Å². The standard InChI is InChI=1S/C9H10BrNO3S/c10-6-3-1-2-4-8(6)15(14)5-7(11)9(12)13/h1-4,7H,5,11H2,(H,12,13). The predicted octanol–water partition coefficient (Wildman–Crippen LogP) is 0.969. The SMILES string of the molecule is NC(CS(=O)c1ccccc1Br)C(=O)O. The summed E-state index contributed by atoms with van der Waals surface area (Å²) < 4.78 is 12.4. The summed E-state index contributed by atoms with van der Waals surface area (Å²) in [6, 6.07) is 5.86. The first-order valence-corrected chi connectivity index (χ1v) is 6.25. The van der Waals surface area contributed by atoms with Gasteiger partial charge in [0.15, 0.2) is 0 Å². The average molecular weight is 292 g/mol. The minimum Gasteiger partial charge on any atom is -0.480 e. The smallest absolute Gasteiger partial charge is 0.321 e. The second-order valence-electron chi connectivity index (χ2n) is 2.89. The van der Waals surface area contributed by atoms with Gasteiger partial charge in [-0.25, -0.2) is 0 Å². The van der Waals surface area contributed by atoms with Crippen molar-refractivity contribution in [3.8, 4) is 0 Å². The number of carboxylic acids is 1. The summed E-state index contributed by atoms with van der Waals surface area (Å²) in [5.74, 6) is -1.23. The van der Waals surface area contributed by atoms with Crippen LogP contribution < -0.4 is 5.73 Å². The lowest BCUT2D eigenvalue weighted by atomic mass is 10.4. The van der Waals surface area contributed by atoms with Crippen LogP contribution in [0.3, 0.4) is 0 Å². The molecule has 0 aromatic heterocycles. The number of carboxylic acid groups (broad SMARTS) is 1. The van der Waals surface area contributed by atoms with E-state index in [0.717, 1.165) is 0 Å². The van der Waals surface area contributed by atoms with Gasteiger partial charge in [-0.1, -0.05) is 12.1 Å². The van der Waals surface area contributed by atoms with Crippen molar-refractivity contribution in [1.29, 1.82) is 0 Å². The van der Waals surface area contributed by atoms with Gasteiger partial charge in [-0.15, -0.1) is 0 Å². The molecule has 4 nitrogen and oxygen atoms in total. The Morgan fingerprint density at radius 2 is 2.13 bits per heavy atom. The van der Waals surface area contributed by atoms with E-state index in [1.807, 2.05) is 0 Å². The number of halogens is 1. The predicted molar refractivity (Wildman–Crippen MR) is 61.0 cm³/mol. The summed E-state index contributed by atoms with van der Waals surface area (Å²) in [7, 11) is -1.40. The highest BCUT2D eigenvalue weighted by Crippen LogP contribution is 2.19. The molecule has 82 valence electrons. The molecule has 0 fully saturated rings. The number of hydrogen-bond donors (Lipinski definition) is 2. The number of carbonyl (C=O) groups is 1. The van der Waals surface area contributed by atoms with Crippen LogP contribution in [-0.4, -0.2) is 27.1 Å². The Morgan fingerprint density at radius 3 is 2.67 bits per heavy atom. The lowest BCUT2D eigenvalue weighted by molar-refractivity contribution is -0.137. The maximum Gasteiger partial charge on any atom is 0.321 e. The van der Waals surface area contributed by atoms with Gasteiger partial charge >= 0.3 is 5.97 Å². The third-order valence-electron chi connectivity index (χ3n) is 1.73. The van der Waals surface area contributed by atoms with Crippen LogP contribution in [0.25, 0.3) is 0 Å². The van der Waals surface area contributed by atoms with Gasteiger partial charge in [-0.05, 0) is 28.1 Å². The fourth-order valence-corrected chi connectivity index (χ4v) is 2.94. The Labute approximate surface area is 98.1 Å². The zero-order valence-corrected chi connectivity index (χ0v) is 10.1. The molecule has 0 bridgehead atoms. The molecule has 1 aromatic rings. The largest absolute Gasteiger partial charge is 0.480 e. The number of aliphatic carboxylic acids is 1. The second kappa shape index (κ2) is 5.39. The van der Waals surface area contributed by atoms with Crippen molar-refractivity contribution in [3.05, 3.63) is 28.7 Å². The van der Waals surface area contributed by atoms with Gasteiger partial charge in [-0.3, -0.25) is 9.00 Å². The van der Waals surface area contributed by atoms with Crippen LogP contribution in [0.4, 0.5) is 0 Å². The number of rotatable bonds is 4. The zero-order valence-electron chi connectivity index (χ0n) is 7.72. The Kier molecular flexibility index (Phi) is 4.44. The molecule has 0 heterocycles. The van der Waals surface area contributed by atoms with Crippen LogP contribution in [0, 0.1) is 0 Å². The molecule has 1 aromatic carbocycles. The second-order valence-corrected chi connectivity index (χ2v) is 5.21. The Balaban J connectivity index is 2.78. The van der Waals surface area contributed by atoms with E-state index in [1.165, 1.54) is 0 Å². The molecule has 0 saturated carbocycles. The zero-order chi connectivity index (χ0) is 11.4. The van der Waals surface area contributed by atoms with E-state index < -0.39 is 22.8 Å². The third-order valence-corrected chi connectivity index (χ3v) is 4.19. The fourth-order valence-electron chi connectivity index (χ4n) is 0.954. The molecule has 15 heavy (non-hydrogen) atoms. The Hall–Kier alpha value is -0.720. The normalized spacial score (nSPS) is 14.5. The van der Waals surface area contributed by atoms with Gasteiger partial charge in [0, 0.05) is 4.47 Å². The molecule has 0 aliphatic carbocycles. The van der Waals surface area contributed by atoms with Gasteiger partial charge in [0.05, 0.1) is 21.4 Å². The first-order chi connectivity index (χ1) is 7.02. The quantitative estimate of drug-likeness (QED) is 0.866. The highest BCUT2D eigenvalue weighted by molar-refractivity contribution is 9.10. The van der Waals surface area contributed by atoms with Crippen LogP contribution in [-0.2, 0) is 15.6 Å². The third kappa shape index (κ3) is 3.40. The first-order valence-electron chi connectivity index (χ1n) is 4.13. The van der Waals surface area contributed by atoms with E-state index in [9.17, 15) is 9.00 Å². The first kappa shape index (κ1) is 12.4. The van der Waals surface area contributed by atoms with E-state index in [4.69, 9.17) is 10.8 Å². The van der Waals surface area contributed by atoms with Crippen LogP contribution in [0.1, 0.15) is 0 Å². The number of benzene rings is 1. The van der Waals surface area contributed by atoms with Crippen molar-refractivity contribution < 1.29 is 14.1 Å². The van der Waals surface area contributed by atoms with Crippen molar-refractivity contribution >= 4 is 32.7 Å². The van der Waals surface area contributed by atoms with Crippen molar-refractivity contribution in [1.82, 2.24) is 0 Å². The summed E-state index contributed by atoms with van der Waals surface area (Å²) in [5, 5.41) is 8.58. The summed E-state index contributed by atoms with van der Waals surface area (Å²) in [4.78, 5) is 11.0. The van der Waals surface area contributed by atoms with Crippen molar-refractivity contribution in [2.24, 2.45) is 5.73 Å². The minimum atomic E-state index is -1.40. The van der Waals surface area contributed by atoms with Gasteiger partial charge in [0.2, 0.25) is 0 Å². The maximum atomic E-state index is 11.7. The topological polar surface area (TPSA) is 80.4 Å². The lowest BCUT2D eigenvalue weighted by Crippen LogP contribution is -2.35. The molecule has 0 spiro atoms. The van der Waals surface area contributed by atoms with Crippen molar-refractivity contribution in [2.45, 2.75) is 10.9 Å².